The van der Waals surface area contributed by atoms with E-state index >= 15 is 0 Å². The van der Waals surface area contributed by atoms with E-state index in [1.807, 2.05) is 6.92 Å². The molecule has 0 saturated carbocycles. The maximum atomic E-state index is 10.6. The molecular weight excluding hydrogens is 156 g/mol. The molecule has 0 rings (SSSR count). The second kappa shape index (κ2) is 5.06. The number of carbonyl (C=O) groups is 1. The molecule has 12 heavy (non-hydrogen) atoms. The van der Waals surface area contributed by atoms with Crippen LogP contribution >= 0.6 is 0 Å². The van der Waals surface area contributed by atoms with E-state index in [2.05, 4.69) is 6.58 Å². The van der Waals surface area contributed by atoms with Crippen molar-refractivity contribution in [1.29, 1.82) is 0 Å². The lowest BCUT2D eigenvalue weighted by atomic mass is 10.1. The summed E-state index contributed by atoms with van der Waals surface area (Å²) in [4.78, 5) is 10.6. The quantitative estimate of drug-likeness (QED) is 0.346. The Kier molecular flexibility index (Phi) is 4.78. The summed E-state index contributed by atoms with van der Waals surface area (Å²) in [6.45, 7) is 5.64. The molecule has 3 heteroatoms. The van der Waals surface area contributed by atoms with Gasteiger partial charge in [-0.3, -0.25) is 4.79 Å². The standard InChI is InChI=1S/C9H16O3/c1-8(2)5-6-9(7-10,11-3)12-4/h7H,1,5-6H2,2-4H3. The molecule has 0 aliphatic rings. The van der Waals surface area contributed by atoms with Crippen molar-refractivity contribution in [2.75, 3.05) is 14.2 Å². The monoisotopic (exact) mass is 172 g/mol. The van der Waals surface area contributed by atoms with Gasteiger partial charge in [0.1, 0.15) is 0 Å². The first-order chi connectivity index (χ1) is 5.60. The van der Waals surface area contributed by atoms with Crippen molar-refractivity contribution in [3.05, 3.63) is 12.2 Å². The van der Waals surface area contributed by atoms with Crippen LogP contribution in [0.3, 0.4) is 0 Å². The number of rotatable bonds is 6. The molecule has 0 bridgehead atoms. The Morgan fingerprint density at radius 2 is 2.00 bits per heavy atom. The van der Waals surface area contributed by atoms with Gasteiger partial charge in [-0.15, -0.1) is 6.58 Å². The maximum absolute atomic E-state index is 10.6. The van der Waals surface area contributed by atoms with Crippen molar-refractivity contribution in [3.63, 3.8) is 0 Å². The molecule has 0 aromatic heterocycles. The van der Waals surface area contributed by atoms with E-state index in [-0.39, 0.29) is 0 Å². The van der Waals surface area contributed by atoms with Crippen LogP contribution in [0.15, 0.2) is 12.2 Å². The predicted octanol–water partition coefficient (Wildman–Crippen LogP) is 1.53. The van der Waals surface area contributed by atoms with Crippen LogP contribution in [0.25, 0.3) is 0 Å². The Hall–Kier alpha value is -0.670. The molecule has 0 aromatic rings. The van der Waals surface area contributed by atoms with Crippen molar-refractivity contribution >= 4 is 6.29 Å². The molecule has 0 aliphatic carbocycles. The normalized spacial score (nSPS) is 11.2. The number of allylic oxidation sites excluding steroid dienone is 1. The molecule has 0 N–H and O–H groups in total. The molecule has 0 fully saturated rings. The zero-order chi connectivity index (χ0) is 9.61. The molecular formula is C9H16O3. The molecule has 0 atom stereocenters. The van der Waals surface area contributed by atoms with Gasteiger partial charge in [0, 0.05) is 20.6 Å². The number of aldehydes is 1. The average Bonchev–Trinajstić information content (AvgIpc) is 2.08. The zero-order valence-electron chi connectivity index (χ0n) is 7.92. The predicted molar refractivity (Wildman–Crippen MR) is 46.9 cm³/mol. The first-order valence-electron chi connectivity index (χ1n) is 3.81. The van der Waals surface area contributed by atoms with Crippen LogP contribution in [0.1, 0.15) is 19.8 Å². The van der Waals surface area contributed by atoms with Crippen LogP contribution in [-0.2, 0) is 14.3 Å². The summed E-state index contributed by atoms with van der Waals surface area (Å²) in [6.07, 6.45) is 1.91. The van der Waals surface area contributed by atoms with Gasteiger partial charge in [-0.05, 0) is 13.3 Å². The Bertz CT molecular complexity index is 159. The van der Waals surface area contributed by atoms with Gasteiger partial charge in [0.25, 0.3) is 0 Å². The fraction of sp³-hybridized carbons (Fsp3) is 0.667. The smallest absolute Gasteiger partial charge is 0.225 e. The van der Waals surface area contributed by atoms with E-state index in [1.165, 1.54) is 14.2 Å². The lowest BCUT2D eigenvalue weighted by Gasteiger charge is -2.24. The number of methoxy groups -OCH3 is 2. The number of carbonyl (C=O) groups excluding carboxylic acids is 1. The summed E-state index contributed by atoms with van der Waals surface area (Å²) in [7, 11) is 2.91. The Morgan fingerprint density at radius 1 is 1.50 bits per heavy atom. The molecule has 70 valence electrons. The van der Waals surface area contributed by atoms with Gasteiger partial charge in [0.15, 0.2) is 6.29 Å². The minimum absolute atomic E-state index is 0.513. The van der Waals surface area contributed by atoms with Crippen LogP contribution in [0.2, 0.25) is 0 Å². The van der Waals surface area contributed by atoms with Crippen molar-refractivity contribution in [3.8, 4) is 0 Å². The van der Waals surface area contributed by atoms with Gasteiger partial charge in [0.05, 0.1) is 0 Å². The average molecular weight is 172 g/mol. The first kappa shape index (κ1) is 11.3. The molecule has 0 heterocycles. The fourth-order valence-corrected chi connectivity index (χ4v) is 0.830. The molecule has 0 spiro atoms. The lowest BCUT2D eigenvalue weighted by molar-refractivity contribution is -0.198. The van der Waals surface area contributed by atoms with Crippen LogP contribution in [0.4, 0.5) is 0 Å². The second-order valence-electron chi connectivity index (χ2n) is 2.80. The second-order valence-corrected chi connectivity index (χ2v) is 2.80. The van der Waals surface area contributed by atoms with Crippen LogP contribution < -0.4 is 0 Å². The highest BCUT2D eigenvalue weighted by atomic mass is 16.7. The summed E-state index contributed by atoms with van der Waals surface area (Å²) in [5, 5.41) is 0. The summed E-state index contributed by atoms with van der Waals surface area (Å²) in [5.41, 5.74) is 1.01. The van der Waals surface area contributed by atoms with Crippen LogP contribution in [0, 0.1) is 0 Å². The number of hydrogen-bond acceptors (Lipinski definition) is 3. The largest absolute Gasteiger partial charge is 0.347 e. The third kappa shape index (κ3) is 3.15. The Balaban J connectivity index is 4.11. The molecule has 0 aromatic carbocycles. The van der Waals surface area contributed by atoms with Gasteiger partial charge in [-0.2, -0.15) is 0 Å². The molecule has 0 radical (unpaired) electrons. The molecule has 3 nitrogen and oxygen atoms in total. The maximum Gasteiger partial charge on any atom is 0.225 e. The number of ether oxygens (including phenoxy) is 2. The van der Waals surface area contributed by atoms with Crippen LogP contribution in [0.5, 0.6) is 0 Å². The van der Waals surface area contributed by atoms with Crippen LogP contribution in [-0.4, -0.2) is 26.3 Å². The van der Waals surface area contributed by atoms with E-state index in [4.69, 9.17) is 9.47 Å². The minimum Gasteiger partial charge on any atom is -0.347 e. The summed E-state index contributed by atoms with van der Waals surface area (Å²) in [6, 6.07) is 0. The van der Waals surface area contributed by atoms with Crippen molar-refractivity contribution in [2.24, 2.45) is 0 Å². The molecule has 0 saturated heterocycles. The SMILES string of the molecule is C=C(C)CCC(C=O)(OC)OC. The van der Waals surface area contributed by atoms with E-state index in [1.54, 1.807) is 0 Å². The summed E-state index contributed by atoms with van der Waals surface area (Å²) >= 11 is 0. The first-order valence-corrected chi connectivity index (χ1v) is 3.81. The van der Waals surface area contributed by atoms with Gasteiger partial charge in [-0.25, -0.2) is 0 Å². The third-order valence-electron chi connectivity index (χ3n) is 1.77. The highest BCUT2D eigenvalue weighted by Crippen LogP contribution is 2.17. The van der Waals surface area contributed by atoms with Crippen molar-refractivity contribution < 1.29 is 14.3 Å². The van der Waals surface area contributed by atoms with E-state index < -0.39 is 5.79 Å². The highest BCUT2D eigenvalue weighted by Gasteiger charge is 2.28. The van der Waals surface area contributed by atoms with Crippen molar-refractivity contribution in [1.82, 2.24) is 0 Å². The van der Waals surface area contributed by atoms with E-state index in [9.17, 15) is 4.79 Å². The van der Waals surface area contributed by atoms with E-state index in [0.29, 0.717) is 12.7 Å². The number of hydrogen-bond donors (Lipinski definition) is 0. The van der Waals surface area contributed by atoms with Crippen molar-refractivity contribution in [2.45, 2.75) is 25.6 Å². The molecule has 0 unspecified atom stereocenters. The van der Waals surface area contributed by atoms with Gasteiger partial charge in [-0.1, -0.05) is 5.57 Å². The summed E-state index contributed by atoms with van der Waals surface area (Å²) in [5.74, 6) is -1.08. The van der Waals surface area contributed by atoms with Gasteiger partial charge in [0.2, 0.25) is 5.79 Å². The zero-order valence-corrected chi connectivity index (χ0v) is 7.92. The third-order valence-corrected chi connectivity index (χ3v) is 1.77. The molecule has 0 amide bonds. The minimum atomic E-state index is -1.08. The van der Waals surface area contributed by atoms with E-state index in [0.717, 1.165) is 12.0 Å². The topological polar surface area (TPSA) is 35.5 Å². The summed E-state index contributed by atoms with van der Waals surface area (Å²) < 4.78 is 9.91. The Labute approximate surface area is 73.4 Å². The highest BCUT2D eigenvalue weighted by molar-refractivity contribution is 5.60. The van der Waals surface area contributed by atoms with Gasteiger partial charge >= 0.3 is 0 Å². The van der Waals surface area contributed by atoms with Gasteiger partial charge < -0.3 is 9.47 Å². The fourth-order valence-electron chi connectivity index (χ4n) is 0.830. The lowest BCUT2D eigenvalue weighted by Crippen LogP contribution is -2.35. The Morgan fingerprint density at radius 3 is 2.25 bits per heavy atom. The molecule has 0 aliphatic heterocycles.